The number of hydrogen-bond acceptors (Lipinski definition) is 4. The summed E-state index contributed by atoms with van der Waals surface area (Å²) in [5.41, 5.74) is 7.29. The molecule has 6 nitrogen and oxygen atoms in total. The molecule has 0 saturated carbocycles. The van der Waals surface area contributed by atoms with E-state index in [9.17, 15) is 9.59 Å². The number of amides is 2. The Hall–Kier alpha value is -3.19. The molecule has 3 N–H and O–H groups in total. The summed E-state index contributed by atoms with van der Waals surface area (Å²) in [5.74, 6) is 0.0330. The first kappa shape index (κ1) is 23.1. The van der Waals surface area contributed by atoms with Crippen LogP contribution in [-0.4, -0.2) is 41.5 Å². The van der Waals surface area contributed by atoms with Crippen molar-refractivity contribution >= 4 is 35.2 Å². The van der Waals surface area contributed by atoms with Gasteiger partial charge in [0.1, 0.15) is 5.75 Å². The van der Waals surface area contributed by atoms with Crippen LogP contribution in [0.25, 0.3) is 6.08 Å². The van der Waals surface area contributed by atoms with Crippen LogP contribution in [0.4, 0.5) is 0 Å². The van der Waals surface area contributed by atoms with Gasteiger partial charge in [0.25, 0.3) is 0 Å². The third kappa shape index (κ3) is 8.45. The molecule has 2 rings (SSSR count). The first-order chi connectivity index (χ1) is 14.5. The summed E-state index contributed by atoms with van der Waals surface area (Å²) in [5, 5.41) is 2.97. The maximum Gasteiger partial charge on any atom is 0.250 e. The molecular formula is C23H27N3O3S. The van der Waals surface area contributed by atoms with Crippen LogP contribution in [0.15, 0.2) is 60.7 Å². The zero-order valence-electron chi connectivity index (χ0n) is 17.0. The normalized spacial score (nSPS) is 10.6. The lowest BCUT2D eigenvalue weighted by molar-refractivity contribution is -0.118. The number of primary amides is 1. The Labute approximate surface area is 182 Å². The highest BCUT2D eigenvalue weighted by Gasteiger charge is 2.13. The number of carbonyl (C=O) groups excluding carboxylic acids is 2. The fourth-order valence-electron chi connectivity index (χ4n) is 2.71. The van der Waals surface area contributed by atoms with Crippen LogP contribution < -0.4 is 15.8 Å². The Balaban J connectivity index is 1.93. The van der Waals surface area contributed by atoms with E-state index in [2.05, 4.69) is 5.32 Å². The first-order valence-electron chi connectivity index (χ1n) is 9.81. The van der Waals surface area contributed by atoms with Gasteiger partial charge in [0, 0.05) is 25.6 Å². The Morgan fingerprint density at radius 1 is 1.10 bits per heavy atom. The minimum Gasteiger partial charge on any atom is -0.494 e. The molecular weight excluding hydrogens is 398 g/mol. The molecule has 0 fully saturated rings. The fourth-order valence-corrected chi connectivity index (χ4v) is 2.99. The second-order valence-electron chi connectivity index (χ2n) is 6.57. The number of carbonyl (C=O) groups is 2. The molecule has 0 aliphatic heterocycles. The van der Waals surface area contributed by atoms with Crippen molar-refractivity contribution in [3.8, 4) is 5.75 Å². The van der Waals surface area contributed by atoms with Crippen LogP contribution >= 0.6 is 12.2 Å². The lowest BCUT2D eigenvalue weighted by Crippen LogP contribution is -2.44. The maximum absolute atomic E-state index is 12.3. The second kappa shape index (κ2) is 12.4. The van der Waals surface area contributed by atoms with Crippen molar-refractivity contribution in [1.29, 1.82) is 0 Å². The predicted molar refractivity (Wildman–Crippen MR) is 123 cm³/mol. The maximum atomic E-state index is 12.3. The molecule has 2 amide bonds. The molecule has 0 aliphatic rings. The van der Waals surface area contributed by atoms with E-state index in [0.717, 1.165) is 23.3 Å². The smallest absolute Gasteiger partial charge is 0.250 e. The fraction of sp³-hybridized carbons (Fsp3) is 0.261. The summed E-state index contributed by atoms with van der Waals surface area (Å²) >= 11 is 5.39. The molecule has 0 saturated heterocycles. The number of rotatable bonds is 10. The van der Waals surface area contributed by atoms with E-state index in [1.807, 2.05) is 61.5 Å². The van der Waals surface area contributed by atoms with Crippen molar-refractivity contribution in [3.05, 3.63) is 71.8 Å². The molecule has 158 valence electrons. The minimum atomic E-state index is -0.413. The molecule has 2 aromatic rings. The van der Waals surface area contributed by atoms with E-state index in [1.165, 1.54) is 6.08 Å². The molecule has 0 aliphatic carbocycles. The molecule has 0 aromatic heterocycles. The number of nitrogens with two attached hydrogens (primary N) is 1. The Morgan fingerprint density at radius 2 is 1.80 bits per heavy atom. The molecule has 0 radical (unpaired) electrons. The average molecular weight is 426 g/mol. The van der Waals surface area contributed by atoms with Crippen LogP contribution in [-0.2, 0) is 16.0 Å². The average Bonchev–Trinajstić information content (AvgIpc) is 2.74. The van der Waals surface area contributed by atoms with Gasteiger partial charge < -0.3 is 15.4 Å². The molecule has 2 aromatic carbocycles. The largest absolute Gasteiger partial charge is 0.494 e. The summed E-state index contributed by atoms with van der Waals surface area (Å²) in [6.07, 6.45) is 4.02. The lowest BCUT2D eigenvalue weighted by Gasteiger charge is -2.24. The van der Waals surface area contributed by atoms with Crippen molar-refractivity contribution in [2.24, 2.45) is 5.73 Å². The number of benzene rings is 2. The van der Waals surface area contributed by atoms with Crippen molar-refractivity contribution in [2.45, 2.75) is 19.8 Å². The van der Waals surface area contributed by atoms with Gasteiger partial charge in [-0.05, 0) is 54.9 Å². The summed E-state index contributed by atoms with van der Waals surface area (Å²) in [6.45, 7) is 3.45. The molecule has 0 bridgehead atoms. The van der Waals surface area contributed by atoms with Crippen LogP contribution in [0.3, 0.4) is 0 Å². The Bertz CT molecular complexity index is 867. The second-order valence-corrected chi connectivity index (χ2v) is 6.96. The highest BCUT2D eigenvalue weighted by atomic mass is 32.1. The van der Waals surface area contributed by atoms with Crippen LogP contribution in [0.1, 0.15) is 24.5 Å². The number of nitrogens with zero attached hydrogens (tertiary/aromatic N) is 1. The standard InChI is InChI=1S/C23H27N3O3S/c1-2-29-20-11-8-19(9-12-20)10-13-22(28)25-23(30)26(17-15-21(24)27)16-14-18-6-4-3-5-7-18/h3-13H,2,14-17H2,1H3,(H2,24,27)(H,25,28,30)/b13-10+. The highest BCUT2D eigenvalue weighted by molar-refractivity contribution is 7.80. The van der Waals surface area contributed by atoms with Gasteiger partial charge in [-0.3, -0.25) is 14.9 Å². The van der Waals surface area contributed by atoms with Crippen LogP contribution in [0.2, 0.25) is 0 Å². The number of hydrogen-bond donors (Lipinski definition) is 2. The number of nitrogens with one attached hydrogen (secondary N) is 1. The van der Waals surface area contributed by atoms with Gasteiger partial charge in [0.05, 0.1) is 6.61 Å². The van der Waals surface area contributed by atoms with Gasteiger partial charge in [-0.1, -0.05) is 42.5 Å². The van der Waals surface area contributed by atoms with Crippen molar-refractivity contribution in [3.63, 3.8) is 0 Å². The van der Waals surface area contributed by atoms with E-state index in [0.29, 0.717) is 19.7 Å². The predicted octanol–water partition coefficient (Wildman–Crippen LogP) is 2.92. The Morgan fingerprint density at radius 3 is 2.43 bits per heavy atom. The van der Waals surface area contributed by atoms with Gasteiger partial charge in [-0.15, -0.1) is 0 Å². The van der Waals surface area contributed by atoms with Gasteiger partial charge in [-0.2, -0.15) is 0 Å². The van der Waals surface area contributed by atoms with Crippen molar-refractivity contribution in [1.82, 2.24) is 10.2 Å². The molecule has 7 heteroatoms. The zero-order chi connectivity index (χ0) is 21.8. The Kier molecular flexibility index (Phi) is 9.54. The van der Waals surface area contributed by atoms with Crippen molar-refractivity contribution in [2.75, 3.05) is 19.7 Å². The summed E-state index contributed by atoms with van der Waals surface area (Å²) < 4.78 is 5.40. The SMILES string of the molecule is CCOc1ccc(/C=C/C(=O)NC(=S)N(CCC(N)=O)CCc2ccccc2)cc1. The highest BCUT2D eigenvalue weighted by Crippen LogP contribution is 2.13. The monoisotopic (exact) mass is 425 g/mol. The topological polar surface area (TPSA) is 84.7 Å². The molecule has 0 spiro atoms. The summed E-state index contributed by atoms with van der Waals surface area (Å²) in [4.78, 5) is 25.3. The molecule has 0 atom stereocenters. The zero-order valence-corrected chi connectivity index (χ0v) is 17.9. The summed E-state index contributed by atoms with van der Waals surface area (Å²) in [7, 11) is 0. The van der Waals surface area contributed by atoms with Gasteiger partial charge in [-0.25, -0.2) is 0 Å². The third-order valence-electron chi connectivity index (χ3n) is 4.28. The minimum absolute atomic E-state index is 0.160. The van der Waals surface area contributed by atoms with E-state index in [-0.39, 0.29) is 17.4 Å². The molecule has 30 heavy (non-hydrogen) atoms. The van der Waals surface area contributed by atoms with E-state index in [4.69, 9.17) is 22.7 Å². The first-order valence-corrected chi connectivity index (χ1v) is 10.2. The molecule has 0 unspecified atom stereocenters. The van der Waals surface area contributed by atoms with Crippen LogP contribution in [0.5, 0.6) is 5.75 Å². The van der Waals surface area contributed by atoms with Gasteiger partial charge >= 0.3 is 0 Å². The lowest BCUT2D eigenvalue weighted by atomic mass is 10.1. The van der Waals surface area contributed by atoms with E-state index >= 15 is 0 Å². The number of ether oxygens (including phenoxy) is 1. The van der Waals surface area contributed by atoms with E-state index < -0.39 is 5.91 Å². The third-order valence-corrected chi connectivity index (χ3v) is 4.64. The van der Waals surface area contributed by atoms with Gasteiger partial charge in [0.15, 0.2) is 5.11 Å². The van der Waals surface area contributed by atoms with Crippen LogP contribution in [0, 0.1) is 0 Å². The van der Waals surface area contributed by atoms with Crippen molar-refractivity contribution < 1.29 is 14.3 Å². The number of thiocarbonyl (C=S) groups is 1. The van der Waals surface area contributed by atoms with E-state index in [1.54, 1.807) is 11.0 Å². The molecule has 0 heterocycles. The summed E-state index contributed by atoms with van der Waals surface area (Å²) in [6, 6.07) is 17.4. The van der Waals surface area contributed by atoms with Gasteiger partial charge in [0.2, 0.25) is 11.8 Å². The quantitative estimate of drug-likeness (QED) is 0.452.